The van der Waals surface area contributed by atoms with Crippen molar-refractivity contribution in [2.75, 3.05) is 16.8 Å². The van der Waals surface area contributed by atoms with E-state index in [2.05, 4.69) is 15.3 Å². The van der Waals surface area contributed by atoms with Crippen molar-refractivity contribution in [1.29, 1.82) is 0 Å². The van der Waals surface area contributed by atoms with Crippen LogP contribution in [0.2, 0.25) is 5.02 Å². The van der Waals surface area contributed by atoms with Gasteiger partial charge in [-0.3, -0.25) is 10.1 Å². The van der Waals surface area contributed by atoms with E-state index in [1.165, 1.54) is 24.5 Å². The Kier molecular flexibility index (Phi) is 5.64. The second-order valence-corrected chi connectivity index (χ2v) is 7.06. The summed E-state index contributed by atoms with van der Waals surface area (Å²) in [5.74, 6) is -0.455. The van der Waals surface area contributed by atoms with E-state index in [1.807, 2.05) is 49.4 Å². The Balaban J connectivity index is 1.84. The summed E-state index contributed by atoms with van der Waals surface area (Å²) in [4.78, 5) is 21.6. The molecule has 1 heterocycles. The quantitative estimate of drug-likeness (QED) is 0.284. The molecule has 0 radical (unpaired) electrons. The van der Waals surface area contributed by atoms with Crippen molar-refractivity contribution in [1.82, 2.24) is 9.97 Å². The molecule has 7 nitrogen and oxygen atoms in total. The first-order chi connectivity index (χ1) is 15.0. The maximum atomic E-state index is 13.5. The first-order valence-electron chi connectivity index (χ1n) is 9.46. The summed E-state index contributed by atoms with van der Waals surface area (Å²) >= 11 is 5.83. The lowest BCUT2D eigenvalue weighted by atomic mass is 10.1. The smallest absolute Gasteiger partial charge is 0.334 e. The van der Waals surface area contributed by atoms with E-state index in [0.29, 0.717) is 12.2 Å². The molecule has 0 spiro atoms. The molecule has 1 N–H and O–H groups in total. The van der Waals surface area contributed by atoms with E-state index in [-0.39, 0.29) is 22.3 Å². The first kappa shape index (κ1) is 20.5. The van der Waals surface area contributed by atoms with E-state index < -0.39 is 10.7 Å². The average molecular weight is 438 g/mol. The molecule has 4 aromatic rings. The fourth-order valence-corrected chi connectivity index (χ4v) is 3.60. The number of nitro groups is 1. The predicted molar refractivity (Wildman–Crippen MR) is 120 cm³/mol. The highest BCUT2D eigenvalue weighted by molar-refractivity contribution is 6.31. The summed E-state index contributed by atoms with van der Waals surface area (Å²) in [7, 11) is 0. The lowest BCUT2D eigenvalue weighted by molar-refractivity contribution is -0.383. The minimum Gasteiger partial charge on any atom is -0.334 e. The number of nitrogens with zero attached hydrogens (tertiary/aromatic N) is 4. The van der Waals surface area contributed by atoms with Gasteiger partial charge in [-0.15, -0.1) is 0 Å². The van der Waals surface area contributed by atoms with Crippen LogP contribution in [0.5, 0.6) is 0 Å². The molecule has 1 aromatic heterocycles. The fraction of sp³-hybridized carbons (Fsp3) is 0.0909. The molecule has 0 unspecified atom stereocenters. The van der Waals surface area contributed by atoms with Gasteiger partial charge in [0.25, 0.3) is 0 Å². The lowest BCUT2D eigenvalue weighted by Gasteiger charge is -2.24. The third-order valence-electron chi connectivity index (χ3n) is 4.80. The minimum absolute atomic E-state index is 0.0173. The van der Waals surface area contributed by atoms with Gasteiger partial charge >= 0.3 is 5.69 Å². The van der Waals surface area contributed by atoms with Gasteiger partial charge in [0.05, 0.1) is 15.6 Å². The summed E-state index contributed by atoms with van der Waals surface area (Å²) in [6.07, 6.45) is 1.25. The van der Waals surface area contributed by atoms with Crippen molar-refractivity contribution in [2.45, 2.75) is 6.92 Å². The fourth-order valence-electron chi connectivity index (χ4n) is 3.42. The molecule has 0 aliphatic rings. The van der Waals surface area contributed by atoms with Gasteiger partial charge in [-0.2, -0.15) is 0 Å². The van der Waals surface area contributed by atoms with Crippen LogP contribution in [-0.2, 0) is 0 Å². The van der Waals surface area contributed by atoms with E-state index in [1.54, 1.807) is 4.90 Å². The summed E-state index contributed by atoms with van der Waals surface area (Å²) in [6, 6.07) is 17.5. The normalized spacial score (nSPS) is 10.8. The topological polar surface area (TPSA) is 84.2 Å². The molecule has 0 aliphatic heterocycles. The Bertz CT molecular complexity index is 1280. The Morgan fingerprint density at radius 1 is 1.13 bits per heavy atom. The van der Waals surface area contributed by atoms with E-state index in [0.717, 1.165) is 16.5 Å². The number of anilines is 4. The minimum atomic E-state index is -0.585. The van der Waals surface area contributed by atoms with Crippen molar-refractivity contribution in [3.63, 3.8) is 0 Å². The third-order valence-corrected chi connectivity index (χ3v) is 5.09. The molecule has 0 atom stereocenters. The second kappa shape index (κ2) is 8.53. The van der Waals surface area contributed by atoms with Crippen LogP contribution in [0.3, 0.4) is 0 Å². The highest BCUT2D eigenvalue weighted by Crippen LogP contribution is 2.39. The molecule has 0 amide bonds. The second-order valence-electron chi connectivity index (χ2n) is 6.65. The highest BCUT2D eigenvalue weighted by Gasteiger charge is 2.28. The monoisotopic (exact) mass is 437 g/mol. The Morgan fingerprint density at radius 3 is 2.65 bits per heavy atom. The summed E-state index contributed by atoms with van der Waals surface area (Å²) in [6.45, 7) is 2.33. The van der Waals surface area contributed by atoms with Crippen LogP contribution < -0.4 is 10.2 Å². The first-order valence-corrected chi connectivity index (χ1v) is 9.84. The SMILES string of the molecule is CCN(c1ncnc(Nc2ccc(F)c(Cl)c2)c1[N+](=O)[O-])c1cccc2ccccc12. The summed E-state index contributed by atoms with van der Waals surface area (Å²) in [5.41, 5.74) is 0.864. The molecular weight excluding hydrogens is 421 g/mol. The largest absolute Gasteiger partial charge is 0.354 e. The van der Waals surface area contributed by atoms with Crippen molar-refractivity contribution >= 4 is 51.1 Å². The number of nitrogens with one attached hydrogen (secondary N) is 1. The van der Waals surface area contributed by atoms with Gasteiger partial charge in [0, 0.05) is 17.6 Å². The van der Waals surface area contributed by atoms with Gasteiger partial charge in [0.15, 0.2) is 0 Å². The molecule has 0 fully saturated rings. The predicted octanol–water partition coefficient (Wildman–Crippen LogP) is 6.23. The molecule has 0 saturated heterocycles. The van der Waals surface area contributed by atoms with Crippen LogP contribution in [0.15, 0.2) is 67.0 Å². The number of aromatic nitrogens is 2. The van der Waals surface area contributed by atoms with Crippen LogP contribution >= 0.6 is 11.6 Å². The maximum absolute atomic E-state index is 13.5. The number of hydrogen-bond donors (Lipinski definition) is 1. The van der Waals surface area contributed by atoms with E-state index in [4.69, 9.17) is 11.6 Å². The van der Waals surface area contributed by atoms with Crippen molar-refractivity contribution in [2.24, 2.45) is 0 Å². The molecule has 156 valence electrons. The van der Waals surface area contributed by atoms with E-state index in [9.17, 15) is 14.5 Å². The number of fused-ring (bicyclic) bond motifs is 1. The van der Waals surface area contributed by atoms with Crippen molar-refractivity contribution in [3.8, 4) is 0 Å². The average Bonchev–Trinajstić information content (AvgIpc) is 2.77. The van der Waals surface area contributed by atoms with Crippen LogP contribution in [0, 0.1) is 15.9 Å². The van der Waals surface area contributed by atoms with Gasteiger partial charge in [-0.25, -0.2) is 14.4 Å². The summed E-state index contributed by atoms with van der Waals surface area (Å²) in [5, 5.41) is 16.8. The Morgan fingerprint density at radius 2 is 1.90 bits per heavy atom. The molecule has 3 aromatic carbocycles. The van der Waals surface area contributed by atoms with Gasteiger partial charge in [-0.05, 0) is 36.6 Å². The van der Waals surface area contributed by atoms with Crippen LogP contribution in [0.1, 0.15) is 6.92 Å². The molecule has 4 rings (SSSR count). The molecule has 0 aliphatic carbocycles. The molecule has 0 bridgehead atoms. The Labute approximate surface area is 182 Å². The zero-order chi connectivity index (χ0) is 22.0. The lowest BCUT2D eigenvalue weighted by Crippen LogP contribution is -2.20. The molecular formula is C22H17ClFN5O2. The third kappa shape index (κ3) is 3.97. The molecule has 9 heteroatoms. The molecule has 0 saturated carbocycles. The number of halogens is 2. The molecule has 31 heavy (non-hydrogen) atoms. The standard InChI is InChI=1S/C22H17ClFN5O2/c1-2-28(19-9-5-7-14-6-3-4-8-16(14)19)22-20(29(30)31)21(25-13-26-22)27-15-10-11-18(24)17(23)12-15/h3-13H,2H2,1H3,(H,25,26,27). The van der Waals surface area contributed by atoms with Gasteiger partial charge in [0.1, 0.15) is 12.1 Å². The number of benzene rings is 3. The number of hydrogen-bond acceptors (Lipinski definition) is 6. The van der Waals surface area contributed by atoms with E-state index >= 15 is 0 Å². The number of rotatable bonds is 6. The van der Waals surface area contributed by atoms with Crippen molar-refractivity contribution in [3.05, 3.63) is 87.9 Å². The van der Waals surface area contributed by atoms with Crippen LogP contribution in [0.4, 0.5) is 33.1 Å². The van der Waals surface area contributed by atoms with Crippen molar-refractivity contribution < 1.29 is 9.31 Å². The summed E-state index contributed by atoms with van der Waals surface area (Å²) < 4.78 is 13.5. The zero-order valence-electron chi connectivity index (χ0n) is 16.4. The van der Waals surface area contributed by atoms with Crippen LogP contribution in [-0.4, -0.2) is 21.4 Å². The van der Waals surface area contributed by atoms with Gasteiger partial charge < -0.3 is 10.2 Å². The Hall–Kier alpha value is -3.78. The highest BCUT2D eigenvalue weighted by atomic mass is 35.5. The van der Waals surface area contributed by atoms with Gasteiger partial charge in [-0.1, -0.05) is 48.0 Å². The van der Waals surface area contributed by atoms with Crippen LogP contribution in [0.25, 0.3) is 10.8 Å². The maximum Gasteiger partial charge on any atom is 0.354 e. The zero-order valence-corrected chi connectivity index (χ0v) is 17.2. The van der Waals surface area contributed by atoms with Gasteiger partial charge in [0.2, 0.25) is 11.6 Å².